The summed E-state index contributed by atoms with van der Waals surface area (Å²) in [7, 11) is -3.15. The van der Waals surface area contributed by atoms with Gasteiger partial charge in [0.2, 0.25) is 10.0 Å². The highest BCUT2D eigenvalue weighted by Crippen LogP contribution is 2.19. The maximum absolute atomic E-state index is 12.7. The molecule has 1 heterocycles. The first-order chi connectivity index (χ1) is 8.90. The molecule has 1 aliphatic heterocycles. The van der Waals surface area contributed by atoms with Crippen LogP contribution in [0.4, 0.5) is 0 Å². The second kappa shape index (κ2) is 7.60. The molecule has 0 aromatic heterocycles. The Labute approximate surface area is 119 Å². The van der Waals surface area contributed by atoms with Crippen LogP contribution in [0.25, 0.3) is 0 Å². The van der Waals surface area contributed by atoms with Gasteiger partial charge in [0.15, 0.2) is 0 Å². The zero-order valence-electron chi connectivity index (χ0n) is 12.9. The first kappa shape index (κ1) is 16.9. The fourth-order valence-electron chi connectivity index (χ4n) is 2.79. The summed E-state index contributed by atoms with van der Waals surface area (Å²) in [6.45, 7) is 9.91. The molecule has 1 atom stereocenters. The van der Waals surface area contributed by atoms with E-state index in [0.717, 1.165) is 32.2 Å². The Morgan fingerprint density at radius 2 is 1.89 bits per heavy atom. The number of nitrogens with one attached hydrogen (secondary N) is 1. The maximum Gasteiger partial charge on any atom is 0.215 e. The fraction of sp³-hybridized carbons (Fsp3) is 1.00. The minimum Gasteiger partial charge on any atom is -0.313 e. The van der Waals surface area contributed by atoms with Gasteiger partial charge in [-0.15, -0.1) is 0 Å². The number of hydrogen-bond donors (Lipinski definition) is 1. The van der Waals surface area contributed by atoms with Gasteiger partial charge in [0, 0.05) is 18.6 Å². The van der Waals surface area contributed by atoms with E-state index in [1.165, 1.54) is 0 Å². The highest BCUT2D eigenvalue weighted by atomic mass is 32.2. The molecule has 0 amide bonds. The molecule has 0 radical (unpaired) electrons. The predicted molar refractivity (Wildman–Crippen MR) is 80.7 cm³/mol. The van der Waals surface area contributed by atoms with Crippen molar-refractivity contribution in [3.63, 3.8) is 0 Å². The average Bonchev–Trinajstić information content (AvgIpc) is 2.81. The third-order valence-electron chi connectivity index (χ3n) is 3.83. The van der Waals surface area contributed by atoms with Gasteiger partial charge < -0.3 is 5.32 Å². The van der Waals surface area contributed by atoms with Crippen LogP contribution in [0.2, 0.25) is 0 Å². The van der Waals surface area contributed by atoms with Crippen LogP contribution in [0.15, 0.2) is 0 Å². The fourth-order valence-corrected chi connectivity index (χ4v) is 5.06. The summed E-state index contributed by atoms with van der Waals surface area (Å²) in [6.07, 6.45) is 3.86. The summed E-state index contributed by atoms with van der Waals surface area (Å²) in [4.78, 5) is 0. The molecular weight excluding hydrogens is 260 g/mol. The Hall–Kier alpha value is -0.130. The summed E-state index contributed by atoms with van der Waals surface area (Å²) in [6, 6.07) is 0.294. The Morgan fingerprint density at radius 3 is 2.32 bits per heavy atom. The van der Waals surface area contributed by atoms with Crippen LogP contribution in [-0.2, 0) is 10.0 Å². The van der Waals surface area contributed by atoms with Crippen LogP contribution < -0.4 is 5.32 Å². The average molecular weight is 290 g/mol. The van der Waals surface area contributed by atoms with Crippen molar-refractivity contribution < 1.29 is 8.42 Å². The molecule has 1 unspecified atom stereocenters. The molecule has 1 saturated heterocycles. The molecule has 5 heteroatoms. The van der Waals surface area contributed by atoms with Crippen molar-refractivity contribution in [3.8, 4) is 0 Å². The number of sulfonamides is 1. The van der Waals surface area contributed by atoms with Crippen LogP contribution in [0, 0.1) is 5.92 Å². The summed E-state index contributed by atoms with van der Waals surface area (Å²) in [5.41, 5.74) is 0. The van der Waals surface area contributed by atoms with E-state index in [9.17, 15) is 8.42 Å². The highest BCUT2D eigenvalue weighted by molar-refractivity contribution is 7.89. The molecule has 114 valence electrons. The van der Waals surface area contributed by atoms with Crippen molar-refractivity contribution in [2.45, 2.75) is 65.5 Å². The van der Waals surface area contributed by atoms with Crippen molar-refractivity contribution in [2.24, 2.45) is 5.92 Å². The monoisotopic (exact) mass is 290 g/mol. The van der Waals surface area contributed by atoms with Crippen molar-refractivity contribution >= 4 is 10.0 Å². The van der Waals surface area contributed by atoms with E-state index in [0.29, 0.717) is 12.5 Å². The largest absolute Gasteiger partial charge is 0.313 e. The number of hydrogen-bond acceptors (Lipinski definition) is 3. The van der Waals surface area contributed by atoms with E-state index in [2.05, 4.69) is 33.0 Å². The zero-order valence-corrected chi connectivity index (χ0v) is 13.7. The van der Waals surface area contributed by atoms with Gasteiger partial charge in [-0.25, -0.2) is 8.42 Å². The quantitative estimate of drug-likeness (QED) is 0.745. The summed E-state index contributed by atoms with van der Waals surface area (Å²) < 4.78 is 27.1. The predicted octanol–water partition coefficient (Wildman–Crippen LogP) is 2.21. The lowest BCUT2D eigenvalue weighted by Gasteiger charge is -2.32. The van der Waals surface area contributed by atoms with E-state index in [-0.39, 0.29) is 17.8 Å². The third kappa shape index (κ3) is 5.04. The molecule has 1 fully saturated rings. The van der Waals surface area contributed by atoms with E-state index >= 15 is 0 Å². The molecule has 0 aliphatic carbocycles. The van der Waals surface area contributed by atoms with Crippen molar-refractivity contribution in [1.82, 2.24) is 9.62 Å². The van der Waals surface area contributed by atoms with E-state index in [1.807, 2.05) is 0 Å². The van der Waals surface area contributed by atoms with E-state index < -0.39 is 10.0 Å². The van der Waals surface area contributed by atoms with Crippen LogP contribution >= 0.6 is 0 Å². The number of rotatable bonds is 8. The Bertz CT molecular complexity index is 344. The molecular formula is C14H30N2O2S. The van der Waals surface area contributed by atoms with Crippen molar-refractivity contribution in [1.29, 1.82) is 0 Å². The Balaban J connectivity index is 2.80. The third-order valence-corrected chi connectivity index (χ3v) is 5.81. The van der Waals surface area contributed by atoms with E-state index in [4.69, 9.17) is 0 Å². The van der Waals surface area contributed by atoms with Crippen LogP contribution in [0.5, 0.6) is 0 Å². The SMILES string of the molecule is CCC(CC)N(CC(C)C)S(=O)(=O)CC1CCCN1. The lowest BCUT2D eigenvalue weighted by Crippen LogP contribution is -2.46. The van der Waals surface area contributed by atoms with Gasteiger partial charge in [0.05, 0.1) is 5.75 Å². The topological polar surface area (TPSA) is 49.4 Å². The molecule has 0 spiro atoms. The molecule has 1 rings (SSSR count). The van der Waals surface area contributed by atoms with Gasteiger partial charge in [-0.2, -0.15) is 4.31 Å². The van der Waals surface area contributed by atoms with Gasteiger partial charge >= 0.3 is 0 Å². The Morgan fingerprint density at radius 1 is 1.26 bits per heavy atom. The highest BCUT2D eigenvalue weighted by Gasteiger charge is 2.31. The lowest BCUT2D eigenvalue weighted by molar-refractivity contribution is 0.276. The van der Waals surface area contributed by atoms with Crippen LogP contribution in [0.3, 0.4) is 0 Å². The second-order valence-corrected chi connectivity index (χ2v) is 7.97. The van der Waals surface area contributed by atoms with Crippen LogP contribution in [-0.4, -0.2) is 43.6 Å². The van der Waals surface area contributed by atoms with Crippen molar-refractivity contribution in [2.75, 3.05) is 18.8 Å². The van der Waals surface area contributed by atoms with Gasteiger partial charge in [-0.05, 0) is 38.1 Å². The van der Waals surface area contributed by atoms with Crippen molar-refractivity contribution in [3.05, 3.63) is 0 Å². The first-order valence-corrected chi connectivity index (χ1v) is 9.24. The zero-order chi connectivity index (χ0) is 14.5. The summed E-state index contributed by atoms with van der Waals surface area (Å²) in [5, 5.41) is 3.29. The molecule has 4 nitrogen and oxygen atoms in total. The van der Waals surface area contributed by atoms with Gasteiger partial charge in [-0.3, -0.25) is 0 Å². The molecule has 1 N–H and O–H groups in total. The van der Waals surface area contributed by atoms with Gasteiger partial charge in [0.25, 0.3) is 0 Å². The minimum absolute atomic E-state index is 0.147. The van der Waals surface area contributed by atoms with Gasteiger partial charge in [-0.1, -0.05) is 27.7 Å². The lowest BCUT2D eigenvalue weighted by atomic mass is 10.1. The molecule has 1 aliphatic rings. The Kier molecular flexibility index (Phi) is 6.77. The summed E-state index contributed by atoms with van der Waals surface area (Å²) in [5.74, 6) is 0.628. The molecule has 0 aromatic carbocycles. The smallest absolute Gasteiger partial charge is 0.215 e. The normalized spacial score (nSPS) is 20.9. The minimum atomic E-state index is -3.15. The molecule has 0 aromatic rings. The molecule has 19 heavy (non-hydrogen) atoms. The summed E-state index contributed by atoms with van der Waals surface area (Å²) >= 11 is 0. The van der Waals surface area contributed by atoms with E-state index in [1.54, 1.807) is 4.31 Å². The standard InChI is InChI=1S/C14H30N2O2S/c1-5-14(6-2)16(10-12(3)4)19(17,18)11-13-8-7-9-15-13/h12-15H,5-11H2,1-4H3. The van der Waals surface area contributed by atoms with Gasteiger partial charge in [0.1, 0.15) is 0 Å². The maximum atomic E-state index is 12.7. The second-order valence-electron chi connectivity index (χ2n) is 6.01. The number of nitrogens with zero attached hydrogens (tertiary/aromatic N) is 1. The molecule has 0 bridgehead atoms. The molecule has 0 saturated carbocycles. The first-order valence-electron chi connectivity index (χ1n) is 7.63. The van der Waals surface area contributed by atoms with Crippen LogP contribution in [0.1, 0.15) is 53.4 Å².